The average Bonchev–Trinajstić information content (AvgIpc) is 2.33. The zero-order chi connectivity index (χ0) is 15.7. The van der Waals surface area contributed by atoms with Gasteiger partial charge in [-0.2, -0.15) is 0 Å². The summed E-state index contributed by atoms with van der Waals surface area (Å²) in [7, 11) is 0. The molecule has 0 saturated heterocycles. The first kappa shape index (κ1) is 16.0. The van der Waals surface area contributed by atoms with Crippen molar-refractivity contribution >= 4 is 5.97 Å². The minimum Gasteiger partial charge on any atom is -0.478 e. The summed E-state index contributed by atoms with van der Waals surface area (Å²) < 4.78 is 0. The van der Waals surface area contributed by atoms with Gasteiger partial charge in [0.25, 0.3) is 0 Å². The van der Waals surface area contributed by atoms with Gasteiger partial charge in [-0.3, -0.25) is 0 Å². The summed E-state index contributed by atoms with van der Waals surface area (Å²) in [6.45, 7) is 9.93. The van der Waals surface area contributed by atoms with Gasteiger partial charge in [0.15, 0.2) is 0 Å². The molecule has 0 radical (unpaired) electrons. The van der Waals surface area contributed by atoms with E-state index in [2.05, 4.69) is 33.0 Å². The van der Waals surface area contributed by atoms with E-state index in [1.165, 1.54) is 6.42 Å². The lowest BCUT2D eigenvalue weighted by molar-refractivity contribution is 0.0692. The van der Waals surface area contributed by atoms with Gasteiger partial charge in [0.1, 0.15) is 0 Å². The summed E-state index contributed by atoms with van der Waals surface area (Å²) in [6, 6.07) is 7.70. The van der Waals surface area contributed by atoms with Crippen LogP contribution in [0.5, 0.6) is 0 Å². The van der Waals surface area contributed by atoms with Crippen LogP contribution < -0.4 is 5.32 Å². The molecule has 0 bridgehead atoms. The van der Waals surface area contributed by atoms with Crippen LogP contribution in [0.4, 0.5) is 0 Å². The Labute approximate surface area is 127 Å². The summed E-state index contributed by atoms with van der Waals surface area (Å²) in [5.74, 6) is -0.850. The van der Waals surface area contributed by atoms with Gasteiger partial charge in [-0.05, 0) is 41.7 Å². The van der Waals surface area contributed by atoms with Crippen molar-refractivity contribution in [1.82, 2.24) is 5.32 Å². The second kappa shape index (κ2) is 5.80. The number of carboxylic acid groups (broad SMARTS) is 1. The Hall–Kier alpha value is -1.35. The fourth-order valence-electron chi connectivity index (χ4n) is 4.13. The van der Waals surface area contributed by atoms with Crippen LogP contribution in [0.25, 0.3) is 0 Å². The van der Waals surface area contributed by atoms with Crippen LogP contribution in [0.15, 0.2) is 24.3 Å². The van der Waals surface area contributed by atoms with Gasteiger partial charge in [0, 0.05) is 12.6 Å². The van der Waals surface area contributed by atoms with E-state index in [4.69, 9.17) is 0 Å². The molecule has 0 amide bonds. The Morgan fingerprint density at radius 3 is 2.33 bits per heavy atom. The minimum atomic E-state index is -0.850. The second-order valence-corrected chi connectivity index (χ2v) is 7.95. The van der Waals surface area contributed by atoms with Gasteiger partial charge < -0.3 is 10.4 Å². The number of carboxylic acids is 1. The third-order valence-electron chi connectivity index (χ3n) is 4.38. The summed E-state index contributed by atoms with van der Waals surface area (Å²) in [4.78, 5) is 11.3. The molecule has 1 fully saturated rings. The maximum absolute atomic E-state index is 11.3. The van der Waals surface area contributed by atoms with Crippen LogP contribution in [-0.2, 0) is 6.54 Å². The maximum atomic E-state index is 11.3. The van der Waals surface area contributed by atoms with Crippen molar-refractivity contribution in [1.29, 1.82) is 0 Å². The highest BCUT2D eigenvalue weighted by atomic mass is 16.4. The van der Waals surface area contributed by atoms with E-state index < -0.39 is 5.97 Å². The molecule has 1 saturated carbocycles. The first-order valence-corrected chi connectivity index (χ1v) is 7.73. The molecule has 2 N–H and O–H groups in total. The normalized spacial score (nSPS) is 21.1. The first-order valence-electron chi connectivity index (χ1n) is 7.73. The van der Waals surface area contributed by atoms with Crippen molar-refractivity contribution in [2.45, 2.75) is 59.5 Å². The standard InChI is InChI=1S/C18H27NO2/c1-17(2)9-14(10-18(3,4)12-17)19-11-13-7-5-6-8-15(13)16(20)21/h5-8,14,19H,9-12H2,1-4H3,(H,20,21). The Morgan fingerprint density at radius 1 is 1.19 bits per heavy atom. The Balaban J connectivity index is 2.05. The number of hydrogen-bond donors (Lipinski definition) is 2. The SMILES string of the molecule is CC1(C)CC(NCc2ccccc2C(=O)O)CC(C)(C)C1. The van der Waals surface area contributed by atoms with Crippen LogP contribution in [0, 0.1) is 10.8 Å². The lowest BCUT2D eigenvalue weighted by Gasteiger charge is -2.45. The maximum Gasteiger partial charge on any atom is 0.336 e. The predicted octanol–water partition coefficient (Wildman–Crippen LogP) is 4.08. The van der Waals surface area contributed by atoms with Crippen molar-refractivity contribution in [3.8, 4) is 0 Å². The quantitative estimate of drug-likeness (QED) is 0.878. The van der Waals surface area contributed by atoms with Crippen LogP contribution in [-0.4, -0.2) is 17.1 Å². The first-order chi connectivity index (χ1) is 9.69. The molecular weight excluding hydrogens is 262 g/mol. The van der Waals surface area contributed by atoms with Crippen molar-refractivity contribution < 1.29 is 9.90 Å². The molecule has 0 aromatic heterocycles. The van der Waals surface area contributed by atoms with Gasteiger partial charge in [-0.25, -0.2) is 4.79 Å². The number of hydrogen-bond acceptors (Lipinski definition) is 2. The molecule has 2 rings (SSSR count). The molecule has 1 aliphatic rings. The third kappa shape index (κ3) is 4.31. The average molecular weight is 289 g/mol. The van der Waals surface area contributed by atoms with E-state index in [0.29, 0.717) is 29.0 Å². The Bertz CT molecular complexity index is 504. The number of benzene rings is 1. The molecule has 0 aliphatic heterocycles. The van der Waals surface area contributed by atoms with E-state index in [0.717, 1.165) is 18.4 Å². The van der Waals surface area contributed by atoms with E-state index in [9.17, 15) is 9.90 Å². The monoisotopic (exact) mass is 289 g/mol. The minimum absolute atomic E-state index is 0.339. The van der Waals surface area contributed by atoms with Gasteiger partial charge >= 0.3 is 5.97 Å². The van der Waals surface area contributed by atoms with E-state index in [1.54, 1.807) is 12.1 Å². The van der Waals surface area contributed by atoms with Crippen LogP contribution >= 0.6 is 0 Å². The van der Waals surface area contributed by atoms with Crippen molar-refractivity contribution in [3.63, 3.8) is 0 Å². The lowest BCUT2D eigenvalue weighted by atomic mass is 9.63. The highest BCUT2D eigenvalue weighted by Gasteiger charge is 2.38. The molecule has 21 heavy (non-hydrogen) atoms. The van der Waals surface area contributed by atoms with Crippen molar-refractivity contribution in [3.05, 3.63) is 35.4 Å². The number of aromatic carboxylic acids is 1. The molecule has 116 valence electrons. The molecule has 1 aliphatic carbocycles. The highest BCUT2D eigenvalue weighted by Crippen LogP contribution is 2.45. The van der Waals surface area contributed by atoms with Crippen LogP contribution in [0.1, 0.15) is 62.9 Å². The molecule has 0 unspecified atom stereocenters. The Kier molecular flexibility index (Phi) is 4.43. The lowest BCUT2D eigenvalue weighted by Crippen LogP contribution is -2.43. The topological polar surface area (TPSA) is 49.3 Å². The highest BCUT2D eigenvalue weighted by molar-refractivity contribution is 5.89. The van der Waals surface area contributed by atoms with E-state index in [1.807, 2.05) is 12.1 Å². The zero-order valence-corrected chi connectivity index (χ0v) is 13.6. The molecular formula is C18H27NO2. The molecule has 0 spiro atoms. The number of nitrogens with one attached hydrogen (secondary N) is 1. The zero-order valence-electron chi connectivity index (χ0n) is 13.6. The Morgan fingerprint density at radius 2 is 1.76 bits per heavy atom. The van der Waals surface area contributed by atoms with Gasteiger partial charge in [-0.15, -0.1) is 0 Å². The van der Waals surface area contributed by atoms with E-state index >= 15 is 0 Å². The summed E-state index contributed by atoms with van der Waals surface area (Å²) in [6.07, 6.45) is 3.53. The third-order valence-corrected chi connectivity index (χ3v) is 4.38. The molecule has 3 heteroatoms. The summed E-state index contributed by atoms with van der Waals surface area (Å²) >= 11 is 0. The molecule has 0 heterocycles. The second-order valence-electron chi connectivity index (χ2n) is 7.95. The summed E-state index contributed by atoms with van der Waals surface area (Å²) in [5, 5.41) is 12.8. The van der Waals surface area contributed by atoms with Gasteiger partial charge in [-0.1, -0.05) is 45.9 Å². The van der Waals surface area contributed by atoms with Crippen LogP contribution in [0.2, 0.25) is 0 Å². The fraction of sp³-hybridized carbons (Fsp3) is 0.611. The molecule has 1 aromatic carbocycles. The number of rotatable bonds is 4. The van der Waals surface area contributed by atoms with Crippen molar-refractivity contribution in [2.75, 3.05) is 0 Å². The predicted molar refractivity (Wildman–Crippen MR) is 85.4 cm³/mol. The molecule has 1 aromatic rings. The number of carbonyl (C=O) groups is 1. The smallest absolute Gasteiger partial charge is 0.336 e. The largest absolute Gasteiger partial charge is 0.478 e. The summed E-state index contributed by atoms with van der Waals surface area (Å²) in [5.41, 5.74) is 1.95. The van der Waals surface area contributed by atoms with Crippen molar-refractivity contribution in [2.24, 2.45) is 10.8 Å². The van der Waals surface area contributed by atoms with Gasteiger partial charge in [0.05, 0.1) is 5.56 Å². The molecule has 3 nitrogen and oxygen atoms in total. The van der Waals surface area contributed by atoms with Gasteiger partial charge in [0.2, 0.25) is 0 Å². The van der Waals surface area contributed by atoms with E-state index in [-0.39, 0.29) is 0 Å². The van der Waals surface area contributed by atoms with Crippen LogP contribution in [0.3, 0.4) is 0 Å². The fourth-order valence-corrected chi connectivity index (χ4v) is 4.13. The molecule has 0 atom stereocenters.